The summed E-state index contributed by atoms with van der Waals surface area (Å²) in [5, 5.41) is 0. The van der Waals surface area contributed by atoms with E-state index in [1.54, 1.807) is 0 Å². The maximum absolute atomic E-state index is 11.7. The van der Waals surface area contributed by atoms with Crippen LogP contribution in [0.4, 0.5) is 4.39 Å². The zero-order valence-electron chi connectivity index (χ0n) is 3.48. The van der Waals surface area contributed by atoms with Gasteiger partial charge >= 0.3 is 0 Å². The zero-order chi connectivity index (χ0) is 5.11. The summed E-state index contributed by atoms with van der Waals surface area (Å²) < 4.78 is 11.7. The Balaban J connectivity index is 3.02. The number of rotatable bonds is 0. The average Bonchev–Trinajstić information content (AvgIpc) is 1.69. The summed E-state index contributed by atoms with van der Waals surface area (Å²) in [4.78, 5) is 3.13. The van der Waals surface area contributed by atoms with Crippen molar-refractivity contribution in [1.29, 1.82) is 0 Å². The van der Waals surface area contributed by atoms with E-state index in [9.17, 15) is 4.39 Å². The van der Waals surface area contributed by atoms with E-state index in [4.69, 9.17) is 0 Å². The molecule has 0 fully saturated rings. The lowest BCUT2D eigenvalue weighted by molar-refractivity contribution is 0.580. The van der Waals surface area contributed by atoms with Gasteiger partial charge in [0.15, 0.2) is 0 Å². The minimum Gasteiger partial charge on any atom is -0.218 e. The van der Waals surface area contributed by atoms with Crippen LogP contribution in [0, 0.1) is 18.2 Å². The molecule has 1 aromatic rings. The van der Waals surface area contributed by atoms with E-state index in [-0.39, 0.29) is 0 Å². The van der Waals surface area contributed by atoms with Gasteiger partial charge in [-0.3, -0.25) is 0 Å². The predicted molar refractivity (Wildman–Crippen MR) is 21.9 cm³/mol. The number of halogens is 1. The van der Waals surface area contributed by atoms with Gasteiger partial charge in [0, 0.05) is 6.07 Å². The van der Waals surface area contributed by atoms with Crippen molar-refractivity contribution in [3.63, 3.8) is 0 Å². The van der Waals surface area contributed by atoms with Crippen LogP contribution in [0.1, 0.15) is 0 Å². The second kappa shape index (κ2) is 1.69. The first-order valence-corrected chi connectivity index (χ1v) is 1.80. The fourth-order valence-corrected chi connectivity index (χ4v) is 0.274. The van der Waals surface area contributed by atoms with Crippen molar-refractivity contribution < 1.29 is 4.39 Å². The molecule has 0 aliphatic heterocycles. The van der Waals surface area contributed by atoms with Crippen molar-refractivity contribution in [2.75, 3.05) is 0 Å². The summed E-state index contributed by atoms with van der Waals surface area (Å²) >= 11 is 0. The minimum atomic E-state index is -0.609. The molecule has 1 rings (SSSR count). The summed E-state index contributed by atoms with van der Waals surface area (Å²) in [5.41, 5.74) is 0. The van der Waals surface area contributed by atoms with Gasteiger partial charge in [0.25, 0.3) is 0 Å². The first-order chi connectivity index (χ1) is 3.39. The van der Waals surface area contributed by atoms with Gasteiger partial charge in [0.2, 0.25) is 5.95 Å². The van der Waals surface area contributed by atoms with Crippen LogP contribution in [0.2, 0.25) is 0 Å². The van der Waals surface area contributed by atoms with Crippen molar-refractivity contribution in [3.8, 4) is 0 Å². The Morgan fingerprint density at radius 3 is 2.71 bits per heavy atom. The molecule has 0 amide bonds. The van der Waals surface area contributed by atoms with Gasteiger partial charge in [0.1, 0.15) is 0 Å². The molecule has 34 valence electrons. The first-order valence-electron chi connectivity index (χ1n) is 1.80. The van der Waals surface area contributed by atoms with Gasteiger partial charge in [-0.05, 0) is 12.1 Å². The molecule has 2 heteroatoms. The highest BCUT2D eigenvalue weighted by atomic mass is 19.1. The van der Waals surface area contributed by atoms with Crippen molar-refractivity contribution in [3.05, 3.63) is 30.3 Å². The van der Waals surface area contributed by atoms with Gasteiger partial charge < -0.3 is 0 Å². The van der Waals surface area contributed by atoms with Crippen molar-refractivity contribution in [1.82, 2.24) is 4.98 Å². The SMILES string of the molecule is Fc1[c]cc[c]n1. The van der Waals surface area contributed by atoms with E-state index in [1.165, 1.54) is 12.1 Å². The highest BCUT2D eigenvalue weighted by molar-refractivity contribution is 4.87. The zero-order valence-corrected chi connectivity index (χ0v) is 3.48. The van der Waals surface area contributed by atoms with Gasteiger partial charge in [-0.2, -0.15) is 4.39 Å². The monoisotopic (exact) mass is 95.0 g/mol. The molecule has 0 aliphatic rings. The Kier molecular flexibility index (Phi) is 1.02. The standard InChI is InChI=1S/C5H2FN/c6-5-3-1-2-4-7-5/h1-2H. The summed E-state index contributed by atoms with van der Waals surface area (Å²) in [5.74, 6) is -0.609. The average molecular weight is 95.1 g/mol. The molecule has 0 unspecified atom stereocenters. The Bertz CT molecular complexity index is 138. The van der Waals surface area contributed by atoms with Gasteiger partial charge in [-0.25, -0.2) is 4.98 Å². The van der Waals surface area contributed by atoms with Crippen LogP contribution in [-0.4, -0.2) is 4.98 Å². The van der Waals surface area contributed by atoms with Crippen LogP contribution in [-0.2, 0) is 0 Å². The minimum absolute atomic E-state index is 0.609. The smallest absolute Gasteiger partial charge is 0.218 e. The Hall–Kier alpha value is -0.920. The molecule has 0 aliphatic carbocycles. The molecule has 2 radical (unpaired) electrons. The van der Waals surface area contributed by atoms with E-state index in [0.717, 1.165) is 0 Å². The van der Waals surface area contributed by atoms with Crippen LogP contribution in [0.3, 0.4) is 0 Å². The molecule has 0 saturated heterocycles. The quantitative estimate of drug-likeness (QED) is 0.435. The Morgan fingerprint density at radius 1 is 1.57 bits per heavy atom. The molecule has 0 atom stereocenters. The molecule has 0 aromatic carbocycles. The molecule has 1 heterocycles. The van der Waals surface area contributed by atoms with Gasteiger partial charge in [0.05, 0.1) is 6.20 Å². The second-order valence-corrected chi connectivity index (χ2v) is 1.01. The van der Waals surface area contributed by atoms with Gasteiger partial charge in [-0.1, -0.05) is 0 Å². The topological polar surface area (TPSA) is 12.9 Å². The lowest BCUT2D eigenvalue weighted by Gasteiger charge is -1.75. The summed E-state index contributed by atoms with van der Waals surface area (Å²) in [6.07, 6.45) is 2.30. The third kappa shape index (κ3) is 0.961. The van der Waals surface area contributed by atoms with Crippen molar-refractivity contribution >= 4 is 0 Å². The second-order valence-electron chi connectivity index (χ2n) is 1.01. The van der Waals surface area contributed by atoms with E-state index in [1.807, 2.05) is 0 Å². The van der Waals surface area contributed by atoms with Crippen molar-refractivity contribution in [2.24, 2.45) is 0 Å². The molecular weight excluding hydrogens is 93.1 g/mol. The molecule has 0 bridgehead atoms. The number of aromatic nitrogens is 1. The fraction of sp³-hybridized carbons (Fsp3) is 0. The van der Waals surface area contributed by atoms with E-state index >= 15 is 0 Å². The summed E-state index contributed by atoms with van der Waals surface area (Å²) in [6, 6.07) is 5.13. The number of hydrogen-bond acceptors (Lipinski definition) is 1. The van der Waals surface area contributed by atoms with Crippen LogP contribution in [0.25, 0.3) is 0 Å². The Morgan fingerprint density at radius 2 is 2.43 bits per heavy atom. The van der Waals surface area contributed by atoms with Crippen LogP contribution in [0.15, 0.2) is 12.1 Å². The highest BCUT2D eigenvalue weighted by Gasteiger charge is 1.80. The number of nitrogens with zero attached hydrogens (tertiary/aromatic N) is 1. The third-order valence-electron chi connectivity index (χ3n) is 0.523. The normalized spacial score (nSPS) is 8.71. The largest absolute Gasteiger partial charge is 0.221 e. The summed E-state index contributed by atoms with van der Waals surface area (Å²) in [7, 11) is 0. The maximum atomic E-state index is 11.7. The lowest BCUT2D eigenvalue weighted by Crippen LogP contribution is -1.75. The van der Waals surface area contributed by atoms with Crippen molar-refractivity contribution in [2.45, 2.75) is 0 Å². The van der Waals surface area contributed by atoms with E-state index < -0.39 is 5.95 Å². The summed E-state index contributed by atoms with van der Waals surface area (Å²) in [6.45, 7) is 0. The van der Waals surface area contributed by atoms with Crippen LogP contribution < -0.4 is 0 Å². The number of pyridine rings is 1. The highest BCUT2D eigenvalue weighted by Crippen LogP contribution is 1.83. The predicted octanol–water partition coefficient (Wildman–Crippen LogP) is 0.821. The molecule has 0 spiro atoms. The molecule has 0 N–H and O–H groups in total. The number of hydrogen-bond donors (Lipinski definition) is 0. The maximum Gasteiger partial charge on any atom is 0.221 e. The van der Waals surface area contributed by atoms with Crippen LogP contribution in [0.5, 0.6) is 0 Å². The fourth-order valence-electron chi connectivity index (χ4n) is 0.274. The molecule has 1 aromatic heterocycles. The molecule has 0 saturated carbocycles. The molecule has 7 heavy (non-hydrogen) atoms. The third-order valence-corrected chi connectivity index (χ3v) is 0.523. The lowest BCUT2D eigenvalue weighted by atomic mass is 10.5. The first kappa shape index (κ1) is 4.24. The van der Waals surface area contributed by atoms with E-state index in [0.29, 0.717) is 0 Å². The molecule has 1 nitrogen and oxygen atoms in total. The molecular formula is C5H2FN. The van der Waals surface area contributed by atoms with Gasteiger partial charge in [-0.15, -0.1) is 0 Å². The van der Waals surface area contributed by atoms with E-state index in [2.05, 4.69) is 17.2 Å². The Labute approximate surface area is 40.8 Å². The van der Waals surface area contributed by atoms with Crippen LogP contribution >= 0.6 is 0 Å².